The molecule has 8 heteroatoms. The van der Waals surface area contributed by atoms with Crippen LogP contribution < -0.4 is 0 Å². The predicted octanol–water partition coefficient (Wildman–Crippen LogP) is 0.247. The normalized spacial score (nSPS) is 22.8. The van der Waals surface area contributed by atoms with Crippen LogP contribution in [0, 0.1) is 5.92 Å². The van der Waals surface area contributed by atoms with E-state index in [1.165, 1.54) is 9.21 Å². The molecule has 1 aromatic carbocycles. The van der Waals surface area contributed by atoms with Gasteiger partial charge in [0.1, 0.15) is 5.25 Å². The van der Waals surface area contributed by atoms with Crippen molar-refractivity contribution in [3.05, 3.63) is 35.9 Å². The Bertz CT molecular complexity index is 713. The molecule has 0 aromatic heterocycles. The van der Waals surface area contributed by atoms with Crippen LogP contribution in [-0.4, -0.2) is 66.0 Å². The molecular weight excluding hydrogens is 320 g/mol. The molecule has 1 aromatic rings. The molecule has 7 nitrogen and oxygen atoms in total. The molecule has 1 unspecified atom stereocenters. The lowest BCUT2D eigenvalue weighted by Gasteiger charge is -2.40. The Morgan fingerprint density at radius 1 is 1.09 bits per heavy atom. The number of hydrogen-bond donors (Lipinski definition) is 1. The minimum absolute atomic E-state index is 0.0286. The standard InChI is InChI=1S/C15H18N2O5S/c18-14(11-4-2-1-3-5-11)16-9-13(10-16)23(21,22)17-7-6-12(8-17)15(19)20/h1-5,12-13H,6-10H2,(H,19,20). The highest BCUT2D eigenvalue weighted by atomic mass is 32.2. The monoisotopic (exact) mass is 338 g/mol. The van der Waals surface area contributed by atoms with Gasteiger partial charge in [0.15, 0.2) is 0 Å². The van der Waals surface area contributed by atoms with Gasteiger partial charge in [0, 0.05) is 31.7 Å². The number of carbonyl (C=O) groups is 2. The van der Waals surface area contributed by atoms with Crippen molar-refractivity contribution < 1.29 is 23.1 Å². The third kappa shape index (κ3) is 2.96. The number of hydrogen-bond acceptors (Lipinski definition) is 4. The maximum atomic E-state index is 12.5. The van der Waals surface area contributed by atoms with Gasteiger partial charge in [-0.05, 0) is 18.6 Å². The first-order valence-electron chi connectivity index (χ1n) is 7.45. The molecule has 2 aliphatic rings. The lowest BCUT2D eigenvalue weighted by Crippen LogP contribution is -2.59. The van der Waals surface area contributed by atoms with Crippen LogP contribution >= 0.6 is 0 Å². The lowest BCUT2D eigenvalue weighted by atomic mass is 10.1. The third-order valence-corrected chi connectivity index (χ3v) is 6.63. The zero-order valence-electron chi connectivity index (χ0n) is 12.5. The fourth-order valence-electron chi connectivity index (χ4n) is 2.93. The average Bonchev–Trinajstić information content (AvgIpc) is 2.97. The molecule has 0 spiro atoms. The van der Waals surface area contributed by atoms with Gasteiger partial charge in [0.25, 0.3) is 5.91 Å². The van der Waals surface area contributed by atoms with E-state index in [9.17, 15) is 18.0 Å². The summed E-state index contributed by atoms with van der Waals surface area (Å²) in [6, 6.07) is 8.73. The Labute approximate surface area is 134 Å². The Balaban J connectivity index is 1.60. The van der Waals surface area contributed by atoms with Crippen LogP contribution in [0.15, 0.2) is 30.3 Å². The molecule has 2 aliphatic heterocycles. The van der Waals surface area contributed by atoms with Crippen molar-refractivity contribution in [3.63, 3.8) is 0 Å². The SMILES string of the molecule is O=C(O)C1CCN(S(=O)(=O)C2CN(C(=O)c3ccccc3)C2)C1. The summed E-state index contributed by atoms with van der Waals surface area (Å²) in [5.41, 5.74) is 0.537. The van der Waals surface area contributed by atoms with E-state index in [1.54, 1.807) is 24.3 Å². The number of benzene rings is 1. The second kappa shape index (κ2) is 5.93. The summed E-state index contributed by atoms with van der Waals surface area (Å²) >= 11 is 0. The van der Waals surface area contributed by atoms with Gasteiger partial charge in [-0.2, -0.15) is 0 Å². The van der Waals surface area contributed by atoms with E-state index in [-0.39, 0.29) is 32.1 Å². The maximum Gasteiger partial charge on any atom is 0.307 e. The summed E-state index contributed by atoms with van der Waals surface area (Å²) in [5, 5.41) is 8.34. The Kier molecular flexibility index (Phi) is 4.11. The maximum absolute atomic E-state index is 12.5. The van der Waals surface area contributed by atoms with Gasteiger partial charge in [-0.25, -0.2) is 12.7 Å². The zero-order valence-corrected chi connectivity index (χ0v) is 13.3. The van der Waals surface area contributed by atoms with Crippen molar-refractivity contribution in [1.29, 1.82) is 0 Å². The first-order chi connectivity index (χ1) is 10.9. The van der Waals surface area contributed by atoms with Crippen LogP contribution in [0.3, 0.4) is 0 Å². The van der Waals surface area contributed by atoms with Gasteiger partial charge in [-0.3, -0.25) is 9.59 Å². The third-order valence-electron chi connectivity index (χ3n) is 4.44. The van der Waals surface area contributed by atoms with Gasteiger partial charge in [0.2, 0.25) is 10.0 Å². The van der Waals surface area contributed by atoms with Crippen LogP contribution in [0.1, 0.15) is 16.8 Å². The van der Waals surface area contributed by atoms with Crippen molar-refractivity contribution in [2.45, 2.75) is 11.7 Å². The second-order valence-electron chi connectivity index (χ2n) is 5.92. The number of nitrogens with zero attached hydrogens (tertiary/aromatic N) is 2. The molecule has 0 saturated carbocycles. The summed E-state index contributed by atoms with van der Waals surface area (Å²) in [5.74, 6) is -1.77. The largest absolute Gasteiger partial charge is 0.481 e. The Morgan fingerprint density at radius 2 is 1.74 bits per heavy atom. The number of carboxylic acids is 1. The molecule has 1 amide bonds. The predicted molar refractivity (Wildman–Crippen MR) is 82.4 cm³/mol. The number of carbonyl (C=O) groups excluding carboxylic acids is 1. The van der Waals surface area contributed by atoms with Gasteiger partial charge >= 0.3 is 5.97 Å². The molecule has 124 valence electrons. The molecule has 3 rings (SSSR count). The molecular formula is C15H18N2O5S. The zero-order chi connectivity index (χ0) is 16.6. The van der Waals surface area contributed by atoms with Crippen LogP contribution in [-0.2, 0) is 14.8 Å². The fraction of sp³-hybridized carbons (Fsp3) is 0.467. The van der Waals surface area contributed by atoms with E-state index in [2.05, 4.69) is 0 Å². The van der Waals surface area contributed by atoms with E-state index in [4.69, 9.17) is 5.11 Å². The van der Waals surface area contributed by atoms with E-state index >= 15 is 0 Å². The number of carboxylic acid groups (broad SMARTS) is 1. The van der Waals surface area contributed by atoms with E-state index < -0.39 is 27.2 Å². The quantitative estimate of drug-likeness (QED) is 0.849. The Morgan fingerprint density at radius 3 is 2.30 bits per heavy atom. The number of amides is 1. The summed E-state index contributed by atoms with van der Waals surface area (Å²) < 4.78 is 26.2. The summed E-state index contributed by atoms with van der Waals surface area (Å²) in [6.07, 6.45) is 0.341. The highest BCUT2D eigenvalue weighted by Crippen LogP contribution is 2.27. The summed E-state index contributed by atoms with van der Waals surface area (Å²) in [6.45, 7) is 0.581. The molecule has 2 saturated heterocycles. The number of sulfonamides is 1. The molecule has 0 radical (unpaired) electrons. The van der Waals surface area contributed by atoms with Gasteiger partial charge < -0.3 is 10.0 Å². The number of rotatable bonds is 4. The van der Waals surface area contributed by atoms with Crippen LogP contribution in [0.5, 0.6) is 0 Å². The number of aliphatic carboxylic acids is 1. The van der Waals surface area contributed by atoms with E-state index in [0.29, 0.717) is 12.0 Å². The minimum atomic E-state index is -3.54. The lowest BCUT2D eigenvalue weighted by molar-refractivity contribution is -0.141. The molecule has 0 aliphatic carbocycles. The minimum Gasteiger partial charge on any atom is -0.481 e. The summed E-state index contributed by atoms with van der Waals surface area (Å²) in [4.78, 5) is 24.7. The topological polar surface area (TPSA) is 95.0 Å². The molecule has 1 N–H and O–H groups in total. The summed E-state index contributed by atoms with van der Waals surface area (Å²) in [7, 11) is -3.54. The molecule has 23 heavy (non-hydrogen) atoms. The first kappa shape index (κ1) is 15.9. The molecule has 2 fully saturated rings. The fourth-order valence-corrected chi connectivity index (χ4v) is 4.83. The van der Waals surface area contributed by atoms with Gasteiger partial charge in [-0.1, -0.05) is 18.2 Å². The molecule has 1 atom stereocenters. The van der Waals surface area contributed by atoms with E-state index in [0.717, 1.165) is 0 Å². The highest BCUT2D eigenvalue weighted by molar-refractivity contribution is 7.89. The van der Waals surface area contributed by atoms with Crippen LogP contribution in [0.2, 0.25) is 0 Å². The van der Waals surface area contributed by atoms with E-state index in [1.807, 2.05) is 6.07 Å². The van der Waals surface area contributed by atoms with Gasteiger partial charge in [-0.15, -0.1) is 0 Å². The molecule has 2 heterocycles. The van der Waals surface area contributed by atoms with Crippen molar-refractivity contribution in [2.75, 3.05) is 26.2 Å². The highest BCUT2D eigenvalue weighted by Gasteiger charge is 2.45. The van der Waals surface area contributed by atoms with Gasteiger partial charge in [0.05, 0.1) is 5.92 Å². The number of likely N-dealkylation sites (tertiary alicyclic amines) is 1. The second-order valence-corrected chi connectivity index (χ2v) is 8.14. The molecule has 0 bridgehead atoms. The van der Waals surface area contributed by atoms with Crippen LogP contribution in [0.25, 0.3) is 0 Å². The van der Waals surface area contributed by atoms with Crippen molar-refractivity contribution in [3.8, 4) is 0 Å². The van der Waals surface area contributed by atoms with Crippen molar-refractivity contribution >= 4 is 21.9 Å². The van der Waals surface area contributed by atoms with Crippen molar-refractivity contribution in [1.82, 2.24) is 9.21 Å². The smallest absolute Gasteiger partial charge is 0.307 e. The first-order valence-corrected chi connectivity index (χ1v) is 8.96. The van der Waals surface area contributed by atoms with Crippen molar-refractivity contribution in [2.24, 2.45) is 5.92 Å². The average molecular weight is 338 g/mol. The Hall–Kier alpha value is -1.93. The van der Waals surface area contributed by atoms with Crippen LogP contribution in [0.4, 0.5) is 0 Å².